The normalized spacial score (nSPS) is 30.6. The van der Waals surface area contributed by atoms with E-state index in [1.165, 1.54) is 12.1 Å². The number of nitrogens with one attached hydrogen (secondary N) is 1. The summed E-state index contributed by atoms with van der Waals surface area (Å²) >= 11 is 1.05. The fourth-order valence-electron chi connectivity index (χ4n) is 3.27. The molecule has 1 fully saturated rings. The second-order valence-corrected chi connectivity index (χ2v) is 7.89. The number of alkyl halides is 3. The second-order valence-electron chi connectivity index (χ2n) is 6.81. The predicted molar refractivity (Wildman–Crippen MR) is 99.1 cm³/mol. The lowest BCUT2D eigenvalue weighted by molar-refractivity contribution is -0.284. The van der Waals surface area contributed by atoms with E-state index >= 15 is 0 Å². The van der Waals surface area contributed by atoms with Crippen molar-refractivity contribution in [3.05, 3.63) is 35.6 Å². The van der Waals surface area contributed by atoms with E-state index in [1.807, 2.05) is 0 Å². The van der Waals surface area contributed by atoms with Gasteiger partial charge in [0.25, 0.3) is 0 Å². The summed E-state index contributed by atoms with van der Waals surface area (Å²) in [7, 11) is 1.59. The molecule has 1 unspecified atom stereocenters. The van der Waals surface area contributed by atoms with E-state index in [9.17, 15) is 27.8 Å². The number of aliphatic hydroxyl groups is 2. The largest absolute Gasteiger partial charge is 0.417 e. The standard InChI is InChI=1S/C18H22F4N2O4S/c1-23-17-24-11-12(25)13(26)14(28-16(11)29-17)15(18(20,21)22)27-8-2-3-9-4-6-10(19)7-5-9/h4-7,11-16,25-26H,2-3,8H2,1H3,(H,23,24)/t11-,12-,13+,14?,15-,16-/m1/s1. The van der Waals surface area contributed by atoms with Gasteiger partial charge in [0.15, 0.2) is 11.3 Å². The van der Waals surface area contributed by atoms with Gasteiger partial charge in [0.05, 0.1) is 0 Å². The average Bonchev–Trinajstić information content (AvgIpc) is 3.09. The Labute approximate surface area is 169 Å². The Morgan fingerprint density at radius 1 is 1.24 bits per heavy atom. The number of thioether (sulfide) groups is 1. The number of nitrogens with zero attached hydrogens (tertiary/aromatic N) is 1. The maximum atomic E-state index is 13.6. The van der Waals surface area contributed by atoms with Crippen LogP contribution in [0.5, 0.6) is 0 Å². The maximum absolute atomic E-state index is 13.6. The van der Waals surface area contributed by atoms with Crippen molar-refractivity contribution in [1.82, 2.24) is 5.32 Å². The number of aliphatic imine (C=N–C) groups is 1. The molecular formula is C18H22F4N2O4S. The average molecular weight is 438 g/mol. The Kier molecular flexibility index (Phi) is 7.05. The van der Waals surface area contributed by atoms with Gasteiger partial charge in [-0.05, 0) is 30.5 Å². The summed E-state index contributed by atoms with van der Waals surface area (Å²) in [4.78, 5) is 4.12. The molecule has 0 radical (unpaired) electrons. The first kappa shape index (κ1) is 22.3. The van der Waals surface area contributed by atoms with E-state index in [0.29, 0.717) is 11.6 Å². The maximum Gasteiger partial charge on any atom is 0.417 e. The Morgan fingerprint density at radius 2 is 1.93 bits per heavy atom. The number of aryl methyl sites for hydroxylation is 1. The van der Waals surface area contributed by atoms with Crippen LogP contribution >= 0.6 is 11.8 Å². The molecule has 29 heavy (non-hydrogen) atoms. The number of benzene rings is 1. The molecular weight excluding hydrogens is 416 g/mol. The number of rotatable bonds is 6. The van der Waals surface area contributed by atoms with Gasteiger partial charge >= 0.3 is 6.18 Å². The molecule has 2 aliphatic heterocycles. The molecule has 1 aromatic rings. The Bertz CT molecular complexity index is 719. The molecule has 11 heteroatoms. The van der Waals surface area contributed by atoms with Crippen molar-refractivity contribution in [2.45, 2.75) is 54.9 Å². The molecule has 0 aromatic heterocycles. The SMILES string of the molecule is CNC1=N[C@@H]2[C@@H](O)[C@H](O)C([C@@H](OCCCc3ccc(F)cc3)C(F)(F)F)O[C@@H]2S1. The lowest BCUT2D eigenvalue weighted by Gasteiger charge is -2.41. The van der Waals surface area contributed by atoms with Crippen molar-refractivity contribution < 1.29 is 37.2 Å². The van der Waals surface area contributed by atoms with Crippen LogP contribution in [0.4, 0.5) is 17.6 Å². The van der Waals surface area contributed by atoms with Crippen LogP contribution in [0.15, 0.2) is 29.3 Å². The lowest BCUT2D eigenvalue weighted by atomic mass is 9.94. The monoisotopic (exact) mass is 438 g/mol. The van der Waals surface area contributed by atoms with E-state index in [1.54, 1.807) is 19.2 Å². The van der Waals surface area contributed by atoms with Crippen LogP contribution in [0.2, 0.25) is 0 Å². The first-order valence-corrected chi connectivity index (χ1v) is 9.95. The summed E-state index contributed by atoms with van der Waals surface area (Å²) in [6.45, 7) is -0.246. The number of aliphatic hydroxyl groups excluding tert-OH is 2. The summed E-state index contributed by atoms with van der Waals surface area (Å²) < 4.78 is 64.2. The highest BCUT2D eigenvalue weighted by Gasteiger charge is 2.57. The molecule has 0 saturated carbocycles. The molecule has 0 bridgehead atoms. The van der Waals surface area contributed by atoms with E-state index in [2.05, 4.69) is 10.3 Å². The highest BCUT2D eigenvalue weighted by Crippen LogP contribution is 2.40. The minimum absolute atomic E-state index is 0.246. The van der Waals surface area contributed by atoms with E-state index in [0.717, 1.165) is 17.3 Å². The van der Waals surface area contributed by atoms with Crippen molar-refractivity contribution in [3.63, 3.8) is 0 Å². The summed E-state index contributed by atoms with van der Waals surface area (Å²) in [6, 6.07) is 4.80. The number of halogens is 4. The predicted octanol–water partition coefficient (Wildman–Crippen LogP) is 1.84. The Hall–Kier alpha value is -1.40. The summed E-state index contributed by atoms with van der Waals surface area (Å²) in [5.41, 5.74) is -0.0848. The topological polar surface area (TPSA) is 83.3 Å². The number of fused-ring (bicyclic) bond motifs is 1. The van der Waals surface area contributed by atoms with Crippen LogP contribution in [0.25, 0.3) is 0 Å². The molecule has 3 N–H and O–H groups in total. The van der Waals surface area contributed by atoms with Crippen molar-refractivity contribution >= 4 is 16.9 Å². The van der Waals surface area contributed by atoms with E-state index < -0.39 is 47.9 Å². The van der Waals surface area contributed by atoms with Crippen LogP contribution in [-0.2, 0) is 15.9 Å². The zero-order valence-electron chi connectivity index (χ0n) is 15.5. The summed E-state index contributed by atoms with van der Waals surface area (Å²) in [5, 5.41) is 23.7. The van der Waals surface area contributed by atoms with Crippen LogP contribution < -0.4 is 5.32 Å². The molecule has 3 rings (SSSR count). The highest BCUT2D eigenvalue weighted by molar-refractivity contribution is 8.14. The summed E-state index contributed by atoms with van der Waals surface area (Å²) in [5.74, 6) is -0.391. The third-order valence-electron chi connectivity index (χ3n) is 4.76. The summed E-state index contributed by atoms with van der Waals surface area (Å²) in [6.07, 6.45) is -11.6. The molecule has 1 saturated heterocycles. The van der Waals surface area contributed by atoms with Gasteiger partial charge in [-0.1, -0.05) is 23.9 Å². The highest BCUT2D eigenvalue weighted by atomic mass is 32.2. The van der Waals surface area contributed by atoms with E-state index in [4.69, 9.17) is 9.47 Å². The molecule has 6 nitrogen and oxygen atoms in total. The van der Waals surface area contributed by atoms with Crippen LogP contribution in [0.1, 0.15) is 12.0 Å². The van der Waals surface area contributed by atoms with Crippen LogP contribution in [0, 0.1) is 5.82 Å². The van der Waals surface area contributed by atoms with Gasteiger partial charge in [-0.15, -0.1) is 0 Å². The molecule has 2 heterocycles. The molecule has 0 aliphatic carbocycles. The van der Waals surface area contributed by atoms with Crippen molar-refractivity contribution in [2.75, 3.05) is 13.7 Å². The smallest absolute Gasteiger partial charge is 0.388 e. The minimum Gasteiger partial charge on any atom is -0.388 e. The minimum atomic E-state index is -4.80. The third-order valence-corrected chi connectivity index (χ3v) is 5.91. The fraction of sp³-hybridized carbons (Fsp3) is 0.611. The fourth-order valence-corrected chi connectivity index (χ4v) is 4.34. The number of ether oxygens (including phenoxy) is 2. The van der Waals surface area contributed by atoms with Gasteiger partial charge in [0.2, 0.25) is 0 Å². The number of hydrogen-bond donors (Lipinski definition) is 3. The second kappa shape index (κ2) is 9.17. The molecule has 162 valence electrons. The lowest BCUT2D eigenvalue weighted by Crippen LogP contribution is -2.61. The number of amidine groups is 1. The molecule has 1 aromatic carbocycles. The zero-order chi connectivity index (χ0) is 21.2. The van der Waals surface area contributed by atoms with Gasteiger partial charge in [-0.2, -0.15) is 13.2 Å². The van der Waals surface area contributed by atoms with Crippen molar-refractivity contribution in [3.8, 4) is 0 Å². The first-order chi connectivity index (χ1) is 13.7. The van der Waals surface area contributed by atoms with Crippen LogP contribution in [0.3, 0.4) is 0 Å². The zero-order valence-corrected chi connectivity index (χ0v) is 16.3. The Morgan fingerprint density at radius 3 is 2.55 bits per heavy atom. The van der Waals surface area contributed by atoms with Crippen molar-refractivity contribution in [1.29, 1.82) is 0 Å². The van der Waals surface area contributed by atoms with Crippen molar-refractivity contribution in [2.24, 2.45) is 4.99 Å². The van der Waals surface area contributed by atoms with Gasteiger partial charge in [-0.3, -0.25) is 4.99 Å². The molecule has 0 amide bonds. The van der Waals surface area contributed by atoms with Crippen LogP contribution in [-0.4, -0.2) is 71.1 Å². The van der Waals surface area contributed by atoms with Gasteiger partial charge in [-0.25, -0.2) is 4.39 Å². The van der Waals surface area contributed by atoms with E-state index in [-0.39, 0.29) is 13.0 Å². The third kappa shape index (κ3) is 5.21. The molecule has 6 atom stereocenters. The Balaban J connectivity index is 1.62. The molecule has 2 aliphatic rings. The van der Waals surface area contributed by atoms with Gasteiger partial charge in [0, 0.05) is 13.7 Å². The number of hydrogen-bond acceptors (Lipinski definition) is 7. The first-order valence-electron chi connectivity index (χ1n) is 9.07. The quantitative estimate of drug-likeness (QED) is 0.465. The van der Waals surface area contributed by atoms with Gasteiger partial charge in [0.1, 0.15) is 35.6 Å². The van der Waals surface area contributed by atoms with Gasteiger partial charge < -0.3 is 25.0 Å². The molecule has 0 spiro atoms.